The van der Waals surface area contributed by atoms with Crippen LogP contribution in [0, 0.1) is 12.7 Å². The number of carboxylic acids is 1. The number of rotatable bonds is 2. The van der Waals surface area contributed by atoms with Crippen molar-refractivity contribution in [3.63, 3.8) is 0 Å². The molecular formula is C13H9F4NO4. The smallest absolute Gasteiger partial charge is 0.405 e. The van der Waals surface area contributed by atoms with E-state index >= 15 is 0 Å². The number of fused-ring (bicyclic) bond motifs is 1. The van der Waals surface area contributed by atoms with Crippen molar-refractivity contribution >= 4 is 23.2 Å². The van der Waals surface area contributed by atoms with Gasteiger partial charge in [0.15, 0.2) is 6.04 Å². The molecule has 1 aliphatic heterocycles. The average Bonchev–Trinajstić information content (AvgIpc) is 2.32. The van der Waals surface area contributed by atoms with Crippen molar-refractivity contribution in [3.05, 3.63) is 29.1 Å². The van der Waals surface area contributed by atoms with Gasteiger partial charge >= 0.3 is 12.1 Å². The van der Waals surface area contributed by atoms with E-state index in [0.717, 1.165) is 6.07 Å². The standard InChI is InChI=1S/C13H9F4NO4/c1-5-2-6(14)3-7-8(5)18(4-13(15,16)17)9(12(21)22)11(20)10(7)19/h2-3,9H,4H2,1H3,(H,21,22). The molecule has 0 aromatic heterocycles. The second kappa shape index (κ2) is 5.08. The highest BCUT2D eigenvalue weighted by Gasteiger charge is 2.48. The monoisotopic (exact) mass is 319 g/mol. The van der Waals surface area contributed by atoms with Crippen molar-refractivity contribution in [1.82, 2.24) is 0 Å². The van der Waals surface area contributed by atoms with Gasteiger partial charge in [-0.1, -0.05) is 0 Å². The highest BCUT2D eigenvalue weighted by Crippen LogP contribution is 2.35. The Kier molecular flexibility index (Phi) is 3.68. The number of carboxylic acid groups (broad SMARTS) is 1. The van der Waals surface area contributed by atoms with Crippen molar-refractivity contribution in [1.29, 1.82) is 0 Å². The predicted molar refractivity (Wildman–Crippen MR) is 65.3 cm³/mol. The van der Waals surface area contributed by atoms with Gasteiger partial charge in [-0.15, -0.1) is 0 Å². The number of aliphatic carboxylic acids is 1. The van der Waals surface area contributed by atoms with Gasteiger partial charge in [0.2, 0.25) is 11.6 Å². The van der Waals surface area contributed by atoms with E-state index in [0.29, 0.717) is 6.07 Å². The summed E-state index contributed by atoms with van der Waals surface area (Å²) in [6.07, 6.45) is -4.81. The third kappa shape index (κ3) is 2.66. The third-order valence-corrected chi connectivity index (χ3v) is 3.16. The first-order valence-electron chi connectivity index (χ1n) is 5.98. The van der Waals surface area contributed by atoms with Crippen LogP contribution in [0.2, 0.25) is 0 Å². The fraction of sp³-hybridized carbons (Fsp3) is 0.308. The lowest BCUT2D eigenvalue weighted by Gasteiger charge is -2.36. The second-order valence-electron chi connectivity index (χ2n) is 4.80. The van der Waals surface area contributed by atoms with Crippen molar-refractivity contribution in [2.45, 2.75) is 19.1 Å². The zero-order valence-electron chi connectivity index (χ0n) is 11.1. The van der Waals surface area contributed by atoms with Crippen LogP contribution in [0.25, 0.3) is 0 Å². The molecule has 1 unspecified atom stereocenters. The summed E-state index contributed by atoms with van der Waals surface area (Å²) < 4.78 is 51.5. The summed E-state index contributed by atoms with van der Waals surface area (Å²) in [6, 6.07) is -0.792. The molecule has 1 aliphatic rings. The Morgan fingerprint density at radius 1 is 1.32 bits per heavy atom. The Morgan fingerprint density at radius 3 is 2.41 bits per heavy atom. The molecule has 22 heavy (non-hydrogen) atoms. The average molecular weight is 319 g/mol. The summed E-state index contributed by atoms with van der Waals surface area (Å²) in [5, 5.41) is 9.01. The molecule has 0 spiro atoms. The van der Waals surface area contributed by atoms with E-state index in [9.17, 15) is 31.9 Å². The van der Waals surface area contributed by atoms with Crippen LogP contribution < -0.4 is 4.90 Å². The van der Waals surface area contributed by atoms with E-state index in [-0.39, 0.29) is 10.5 Å². The number of carbonyl (C=O) groups excluding carboxylic acids is 2. The Bertz CT molecular complexity index is 683. The molecule has 5 nitrogen and oxygen atoms in total. The Labute approximate surface area is 121 Å². The molecule has 0 aliphatic carbocycles. The lowest BCUT2D eigenvalue weighted by Crippen LogP contribution is -2.56. The highest BCUT2D eigenvalue weighted by molar-refractivity contribution is 6.51. The molecule has 1 N–H and O–H groups in total. The highest BCUT2D eigenvalue weighted by atomic mass is 19.4. The van der Waals surface area contributed by atoms with E-state index in [1.165, 1.54) is 6.92 Å². The van der Waals surface area contributed by atoms with Gasteiger partial charge in [-0.2, -0.15) is 13.2 Å². The minimum Gasteiger partial charge on any atom is -0.479 e. The quantitative estimate of drug-likeness (QED) is 0.510. The minimum absolute atomic E-state index is 0.0636. The minimum atomic E-state index is -4.81. The van der Waals surface area contributed by atoms with Crippen LogP contribution in [0.3, 0.4) is 0 Å². The fourth-order valence-electron chi connectivity index (χ4n) is 2.43. The first kappa shape index (κ1) is 15.9. The van der Waals surface area contributed by atoms with Crippen LogP contribution in [0.15, 0.2) is 12.1 Å². The number of hydrogen-bond acceptors (Lipinski definition) is 4. The van der Waals surface area contributed by atoms with E-state index in [4.69, 9.17) is 5.11 Å². The second-order valence-corrected chi connectivity index (χ2v) is 4.80. The molecule has 1 aromatic rings. The maximum absolute atomic E-state index is 13.4. The number of aryl methyl sites for hydroxylation is 1. The molecule has 0 bridgehead atoms. The summed E-state index contributed by atoms with van der Waals surface area (Å²) in [5.41, 5.74) is -1.02. The molecule has 0 fully saturated rings. The largest absolute Gasteiger partial charge is 0.479 e. The zero-order chi connectivity index (χ0) is 16.8. The van der Waals surface area contributed by atoms with Crippen LogP contribution in [0.5, 0.6) is 0 Å². The normalized spacial score (nSPS) is 18.4. The third-order valence-electron chi connectivity index (χ3n) is 3.16. The lowest BCUT2D eigenvalue weighted by atomic mass is 9.91. The van der Waals surface area contributed by atoms with Crippen LogP contribution in [-0.2, 0) is 9.59 Å². The summed E-state index contributed by atoms with van der Waals surface area (Å²) >= 11 is 0. The van der Waals surface area contributed by atoms with Gasteiger partial charge in [0.1, 0.15) is 12.4 Å². The van der Waals surface area contributed by atoms with Gasteiger partial charge < -0.3 is 10.0 Å². The number of nitrogens with zero attached hydrogens (tertiary/aromatic N) is 1. The molecule has 0 radical (unpaired) electrons. The van der Waals surface area contributed by atoms with Gasteiger partial charge in [-0.05, 0) is 24.6 Å². The summed E-state index contributed by atoms with van der Waals surface area (Å²) in [5.74, 6) is -5.63. The van der Waals surface area contributed by atoms with Gasteiger partial charge in [0.25, 0.3) is 0 Å². The van der Waals surface area contributed by atoms with Gasteiger partial charge in [0.05, 0.1) is 11.3 Å². The Morgan fingerprint density at radius 2 is 1.91 bits per heavy atom. The molecule has 1 heterocycles. The number of hydrogen-bond donors (Lipinski definition) is 1. The van der Waals surface area contributed by atoms with E-state index in [1.807, 2.05) is 0 Å². The number of Topliss-reactive ketones (excluding diaryl/α,β-unsaturated/α-hetero) is 2. The molecular weight excluding hydrogens is 310 g/mol. The molecule has 0 amide bonds. The van der Waals surface area contributed by atoms with Crippen LogP contribution in [-0.4, -0.2) is 41.4 Å². The number of carbonyl (C=O) groups is 3. The van der Waals surface area contributed by atoms with E-state index < -0.39 is 53.4 Å². The molecule has 0 saturated heterocycles. The predicted octanol–water partition coefficient (Wildman–Crippen LogP) is 1.72. The molecule has 9 heteroatoms. The SMILES string of the molecule is Cc1cc(F)cc2c1N(CC(F)(F)F)C(C(=O)O)C(=O)C2=O. The van der Waals surface area contributed by atoms with Gasteiger partial charge in [-0.25, -0.2) is 9.18 Å². The Balaban J connectivity index is 2.71. The van der Waals surface area contributed by atoms with E-state index in [1.54, 1.807) is 0 Å². The van der Waals surface area contributed by atoms with Gasteiger partial charge in [-0.3, -0.25) is 9.59 Å². The van der Waals surface area contributed by atoms with E-state index in [2.05, 4.69) is 0 Å². The Hall–Kier alpha value is -2.45. The van der Waals surface area contributed by atoms with Gasteiger partial charge in [0, 0.05) is 0 Å². The van der Waals surface area contributed by atoms with Crippen molar-refractivity contribution in [2.75, 3.05) is 11.4 Å². The molecule has 1 atom stereocenters. The summed E-state index contributed by atoms with van der Waals surface area (Å²) in [4.78, 5) is 35.1. The van der Waals surface area contributed by atoms with Crippen molar-refractivity contribution in [3.8, 4) is 0 Å². The number of halogens is 4. The van der Waals surface area contributed by atoms with Crippen molar-refractivity contribution < 1.29 is 37.1 Å². The number of ketones is 2. The molecule has 0 saturated carbocycles. The summed E-state index contributed by atoms with van der Waals surface area (Å²) in [7, 11) is 0. The van der Waals surface area contributed by atoms with Crippen LogP contribution in [0.1, 0.15) is 15.9 Å². The fourth-order valence-corrected chi connectivity index (χ4v) is 2.43. The first-order chi connectivity index (χ1) is 10.0. The van der Waals surface area contributed by atoms with Crippen LogP contribution in [0.4, 0.5) is 23.2 Å². The molecule has 1 aromatic carbocycles. The first-order valence-corrected chi connectivity index (χ1v) is 5.98. The number of alkyl halides is 3. The number of benzene rings is 1. The lowest BCUT2D eigenvalue weighted by molar-refractivity contribution is -0.143. The number of anilines is 1. The summed E-state index contributed by atoms with van der Waals surface area (Å²) in [6.45, 7) is -0.518. The maximum Gasteiger partial charge on any atom is 0.405 e. The van der Waals surface area contributed by atoms with Crippen LogP contribution >= 0.6 is 0 Å². The van der Waals surface area contributed by atoms with Crippen molar-refractivity contribution in [2.24, 2.45) is 0 Å². The maximum atomic E-state index is 13.4. The molecule has 2 rings (SSSR count). The molecule has 118 valence electrons. The zero-order valence-corrected chi connectivity index (χ0v) is 11.1. The topological polar surface area (TPSA) is 74.7 Å².